The van der Waals surface area contributed by atoms with E-state index < -0.39 is 0 Å². The van der Waals surface area contributed by atoms with Gasteiger partial charge in [-0.1, -0.05) is 43.7 Å². The monoisotopic (exact) mass is 166 g/mol. The highest BCUT2D eigenvalue weighted by atomic mass is 16.2. The molecule has 0 amide bonds. The molecule has 1 heteroatoms. The number of hydrogen-bond donors (Lipinski definition) is 1. The molecule has 0 unspecified atom stereocenters. The van der Waals surface area contributed by atoms with E-state index in [1.54, 1.807) is 6.92 Å². The summed E-state index contributed by atoms with van der Waals surface area (Å²) in [5, 5.41) is 7.57. The van der Waals surface area contributed by atoms with Gasteiger partial charge in [-0.05, 0) is 18.9 Å². The first-order chi connectivity index (χ1) is 5.85. The van der Waals surface area contributed by atoms with Gasteiger partial charge in [-0.15, -0.1) is 0 Å². The van der Waals surface area contributed by atoms with Crippen LogP contribution < -0.4 is 0 Å². The van der Waals surface area contributed by atoms with E-state index in [2.05, 4.69) is 37.3 Å². The molecule has 0 saturated heterocycles. The van der Waals surface area contributed by atoms with E-state index in [1.807, 2.05) is 0 Å². The summed E-state index contributed by atoms with van der Waals surface area (Å²) in [4.78, 5) is 0. The highest BCUT2D eigenvalue weighted by Crippen LogP contribution is 2.00. The SMILES string of the molecule is CCCc1ccccc1.CCO. The van der Waals surface area contributed by atoms with Crippen LogP contribution in [0, 0.1) is 0 Å². The zero-order valence-corrected chi connectivity index (χ0v) is 7.96. The second-order valence-electron chi connectivity index (χ2n) is 2.55. The number of aliphatic hydroxyl groups is 1. The largest absolute Gasteiger partial charge is 0.397 e. The Morgan fingerprint density at radius 1 is 1.08 bits per heavy atom. The van der Waals surface area contributed by atoms with E-state index in [9.17, 15) is 0 Å². The fraction of sp³-hybridized carbons (Fsp3) is 0.455. The van der Waals surface area contributed by atoms with Gasteiger partial charge in [-0.2, -0.15) is 0 Å². The predicted octanol–water partition coefficient (Wildman–Crippen LogP) is 2.64. The molecule has 0 aliphatic rings. The van der Waals surface area contributed by atoms with Gasteiger partial charge in [0.25, 0.3) is 0 Å². The number of aliphatic hydroxyl groups excluding tert-OH is 1. The molecule has 1 aromatic carbocycles. The van der Waals surface area contributed by atoms with Crippen LogP contribution in [0.3, 0.4) is 0 Å². The first-order valence-electron chi connectivity index (χ1n) is 4.49. The summed E-state index contributed by atoms with van der Waals surface area (Å²) >= 11 is 0. The van der Waals surface area contributed by atoms with Crippen molar-refractivity contribution < 1.29 is 5.11 Å². The maximum atomic E-state index is 7.57. The lowest BCUT2D eigenvalue weighted by molar-refractivity contribution is 0.318. The highest BCUT2D eigenvalue weighted by Gasteiger charge is 1.84. The quantitative estimate of drug-likeness (QED) is 0.716. The van der Waals surface area contributed by atoms with E-state index in [0.717, 1.165) is 0 Å². The van der Waals surface area contributed by atoms with Gasteiger partial charge in [-0.3, -0.25) is 0 Å². The minimum Gasteiger partial charge on any atom is -0.397 e. The van der Waals surface area contributed by atoms with Crippen molar-refractivity contribution >= 4 is 0 Å². The van der Waals surface area contributed by atoms with Gasteiger partial charge in [0, 0.05) is 6.61 Å². The Kier molecular flexibility index (Phi) is 7.71. The van der Waals surface area contributed by atoms with E-state index in [0.29, 0.717) is 0 Å². The molecule has 68 valence electrons. The number of rotatable bonds is 2. The van der Waals surface area contributed by atoms with Gasteiger partial charge in [-0.25, -0.2) is 0 Å². The van der Waals surface area contributed by atoms with Crippen molar-refractivity contribution in [3.05, 3.63) is 35.9 Å². The number of aryl methyl sites for hydroxylation is 1. The van der Waals surface area contributed by atoms with Crippen molar-refractivity contribution in [2.75, 3.05) is 6.61 Å². The molecule has 1 nitrogen and oxygen atoms in total. The molecule has 0 bridgehead atoms. The molecule has 0 fully saturated rings. The normalized spacial score (nSPS) is 8.58. The molecule has 1 N–H and O–H groups in total. The molecule has 1 aromatic rings. The summed E-state index contributed by atoms with van der Waals surface area (Å²) < 4.78 is 0. The first-order valence-corrected chi connectivity index (χ1v) is 4.49. The smallest absolute Gasteiger partial charge is 0.0402 e. The first kappa shape index (κ1) is 11.2. The molecule has 0 radical (unpaired) electrons. The lowest BCUT2D eigenvalue weighted by Crippen LogP contribution is -1.78. The molecule has 0 aromatic heterocycles. The van der Waals surface area contributed by atoms with E-state index in [4.69, 9.17) is 5.11 Å². The lowest BCUT2D eigenvalue weighted by atomic mass is 10.1. The van der Waals surface area contributed by atoms with E-state index >= 15 is 0 Å². The Hall–Kier alpha value is -0.820. The second-order valence-corrected chi connectivity index (χ2v) is 2.55. The van der Waals surface area contributed by atoms with Gasteiger partial charge < -0.3 is 5.11 Å². The van der Waals surface area contributed by atoms with Crippen LogP contribution in [0.5, 0.6) is 0 Å². The molecule has 0 atom stereocenters. The molecular formula is C11H18O. The van der Waals surface area contributed by atoms with Crippen LogP contribution >= 0.6 is 0 Å². The van der Waals surface area contributed by atoms with Gasteiger partial charge in [0.05, 0.1) is 0 Å². The van der Waals surface area contributed by atoms with Crippen molar-refractivity contribution in [2.45, 2.75) is 26.7 Å². The Balaban J connectivity index is 0.000000354. The Labute approximate surface area is 75.1 Å². The predicted molar refractivity (Wildman–Crippen MR) is 53.2 cm³/mol. The van der Waals surface area contributed by atoms with Crippen molar-refractivity contribution in [2.24, 2.45) is 0 Å². The Morgan fingerprint density at radius 3 is 2.00 bits per heavy atom. The van der Waals surface area contributed by atoms with Gasteiger partial charge in [0.2, 0.25) is 0 Å². The minimum absolute atomic E-state index is 0.250. The van der Waals surface area contributed by atoms with E-state index in [-0.39, 0.29) is 6.61 Å². The average Bonchev–Trinajstić information content (AvgIpc) is 2.08. The Bertz CT molecular complexity index is 170. The van der Waals surface area contributed by atoms with Gasteiger partial charge >= 0.3 is 0 Å². The molecule has 0 heterocycles. The number of benzene rings is 1. The van der Waals surface area contributed by atoms with E-state index in [1.165, 1.54) is 18.4 Å². The fourth-order valence-corrected chi connectivity index (χ4v) is 0.933. The summed E-state index contributed by atoms with van der Waals surface area (Å²) in [6.07, 6.45) is 2.45. The third kappa shape index (κ3) is 5.93. The van der Waals surface area contributed by atoms with Crippen LogP contribution in [0.25, 0.3) is 0 Å². The molecule has 0 spiro atoms. The molecule has 1 rings (SSSR count). The lowest BCUT2D eigenvalue weighted by Gasteiger charge is -1.93. The van der Waals surface area contributed by atoms with Crippen LogP contribution in [-0.2, 0) is 6.42 Å². The minimum atomic E-state index is 0.250. The van der Waals surface area contributed by atoms with Crippen LogP contribution in [-0.4, -0.2) is 11.7 Å². The summed E-state index contributed by atoms with van der Waals surface area (Å²) in [7, 11) is 0. The van der Waals surface area contributed by atoms with Gasteiger partial charge in [0.1, 0.15) is 0 Å². The average molecular weight is 166 g/mol. The van der Waals surface area contributed by atoms with Crippen molar-refractivity contribution in [3.63, 3.8) is 0 Å². The molecule has 0 aliphatic heterocycles. The Morgan fingerprint density at radius 2 is 1.58 bits per heavy atom. The second kappa shape index (κ2) is 8.28. The molecule has 0 aliphatic carbocycles. The standard InChI is InChI=1S/C9H12.C2H6O/c1-2-6-9-7-4-3-5-8-9;1-2-3/h3-5,7-8H,2,6H2,1H3;3H,2H2,1H3. The maximum absolute atomic E-state index is 7.57. The van der Waals surface area contributed by atoms with Gasteiger partial charge in [0.15, 0.2) is 0 Å². The van der Waals surface area contributed by atoms with Crippen LogP contribution in [0.2, 0.25) is 0 Å². The molecular weight excluding hydrogens is 148 g/mol. The highest BCUT2D eigenvalue weighted by molar-refractivity contribution is 5.14. The molecule has 12 heavy (non-hydrogen) atoms. The van der Waals surface area contributed by atoms with Crippen LogP contribution in [0.15, 0.2) is 30.3 Å². The van der Waals surface area contributed by atoms with Crippen molar-refractivity contribution in [3.8, 4) is 0 Å². The third-order valence-electron chi connectivity index (χ3n) is 1.38. The summed E-state index contributed by atoms with van der Waals surface area (Å²) in [6, 6.07) is 10.6. The zero-order chi connectivity index (χ0) is 9.23. The van der Waals surface area contributed by atoms with Crippen LogP contribution in [0.4, 0.5) is 0 Å². The van der Waals surface area contributed by atoms with Crippen molar-refractivity contribution in [1.29, 1.82) is 0 Å². The van der Waals surface area contributed by atoms with Crippen molar-refractivity contribution in [1.82, 2.24) is 0 Å². The zero-order valence-electron chi connectivity index (χ0n) is 7.96. The summed E-state index contributed by atoms with van der Waals surface area (Å²) in [6.45, 7) is 4.13. The maximum Gasteiger partial charge on any atom is 0.0402 e. The summed E-state index contributed by atoms with van der Waals surface area (Å²) in [5.74, 6) is 0. The van der Waals surface area contributed by atoms with Crippen LogP contribution in [0.1, 0.15) is 25.8 Å². The fourth-order valence-electron chi connectivity index (χ4n) is 0.933. The summed E-state index contributed by atoms with van der Waals surface area (Å²) in [5.41, 5.74) is 1.44. The topological polar surface area (TPSA) is 20.2 Å². The third-order valence-corrected chi connectivity index (χ3v) is 1.38. The molecule has 0 saturated carbocycles. The number of hydrogen-bond acceptors (Lipinski definition) is 1.